The molecular formula is C27H32N2O6S. The standard InChI is InChI=1S/C27H32N2O6S/c1-15(2)35-22(27(31)32)13-19-11-12-21(33-5)20(23(19)34-6)14-28-25(30)24-17(4)29-26(36-24)18-9-7-16(3)8-10-18/h7-12,15,22H,13-14H2,1-6H3,(H,28,30)(H,31,32). The number of aliphatic carboxylic acids is 1. The maximum atomic E-state index is 13.1. The molecule has 1 heterocycles. The van der Waals surface area contributed by atoms with Crippen molar-refractivity contribution in [3.63, 3.8) is 0 Å². The molecule has 0 aliphatic carbocycles. The lowest BCUT2D eigenvalue weighted by Crippen LogP contribution is -2.29. The maximum Gasteiger partial charge on any atom is 0.333 e. The number of nitrogens with zero attached hydrogens (tertiary/aromatic N) is 1. The highest BCUT2D eigenvalue weighted by molar-refractivity contribution is 7.17. The number of thiazole rings is 1. The molecule has 1 amide bonds. The fraction of sp³-hybridized carbons (Fsp3) is 0.370. The third-order valence-corrected chi connectivity index (χ3v) is 6.77. The Labute approximate surface area is 215 Å². The minimum atomic E-state index is -1.05. The summed E-state index contributed by atoms with van der Waals surface area (Å²) in [6.45, 7) is 7.53. The Bertz CT molecular complexity index is 1220. The molecule has 1 unspecified atom stereocenters. The summed E-state index contributed by atoms with van der Waals surface area (Å²) in [6, 6.07) is 11.5. The number of aromatic nitrogens is 1. The van der Waals surface area contributed by atoms with Crippen LogP contribution in [0.25, 0.3) is 10.6 Å². The highest BCUT2D eigenvalue weighted by atomic mass is 32.1. The van der Waals surface area contributed by atoms with Gasteiger partial charge < -0.3 is 24.6 Å². The largest absolute Gasteiger partial charge is 0.496 e. The number of carbonyl (C=O) groups excluding carboxylic acids is 1. The van der Waals surface area contributed by atoms with Crippen molar-refractivity contribution in [2.45, 2.75) is 52.9 Å². The summed E-state index contributed by atoms with van der Waals surface area (Å²) < 4.78 is 16.7. The number of ether oxygens (including phenoxy) is 3. The number of methoxy groups -OCH3 is 2. The zero-order valence-electron chi connectivity index (χ0n) is 21.4. The van der Waals surface area contributed by atoms with Crippen LogP contribution < -0.4 is 14.8 Å². The molecule has 1 atom stereocenters. The molecule has 9 heteroatoms. The van der Waals surface area contributed by atoms with Crippen LogP contribution in [0.4, 0.5) is 0 Å². The number of carboxylic acids is 1. The summed E-state index contributed by atoms with van der Waals surface area (Å²) in [5, 5.41) is 13.3. The topological polar surface area (TPSA) is 107 Å². The highest BCUT2D eigenvalue weighted by Crippen LogP contribution is 2.34. The van der Waals surface area contributed by atoms with Crippen LogP contribution in [0.1, 0.15) is 45.9 Å². The lowest BCUT2D eigenvalue weighted by Gasteiger charge is -2.21. The van der Waals surface area contributed by atoms with Crippen molar-refractivity contribution in [2.24, 2.45) is 0 Å². The normalized spacial score (nSPS) is 11.9. The van der Waals surface area contributed by atoms with Crippen molar-refractivity contribution < 1.29 is 28.9 Å². The quantitative estimate of drug-likeness (QED) is 0.380. The lowest BCUT2D eigenvalue weighted by molar-refractivity contribution is -0.153. The molecule has 0 spiro atoms. The Morgan fingerprint density at radius 3 is 2.33 bits per heavy atom. The second-order valence-electron chi connectivity index (χ2n) is 8.64. The minimum absolute atomic E-state index is 0.107. The van der Waals surface area contributed by atoms with Crippen molar-refractivity contribution in [1.29, 1.82) is 0 Å². The molecule has 0 bridgehead atoms. The molecule has 0 saturated heterocycles. The Morgan fingerprint density at radius 1 is 1.06 bits per heavy atom. The summed E-state index contributed by atoms with van der Waals surface area (Å²) in [5.74, 6) is -0.338. The van der Waals surface area contributed by atoms with Gasteiger partial charge in [-0.25, -0.2) is 9.78 Å². The molecule has 36 heavy (non-hydrogen) atoms. The molecule has 1 aromatic heterocycles. The van der Waals surface area contributed by atoms with Crippen molar-refractivity contribution in [1.82, 2.24) is 10.3 Å². The van der Waals surface area contributed by atoms with E-state index >= 15 is 0 Å². The van der Waals surface area contributed by atoms with E-state index < -0.39 is 12.1 Å². The Morgan fingerprint density at radius 2 is 1.75 bits per heavy atom. The van der Waals surface area contributed by atoms with Gasteiger partial charge in [-0.15, -0.1) is 11.3 Å². The van der Waals surface area contributed by atoms with Gasteiger partial charge in [0.2, 0.25) is 0 Å². The number of rotatable bonds is 11. The summed E-state index contributed by atoms with van der Waals surface area (Å²) >= 11 is 1.33. The SMILES string of the molecule is COc1ccc(CC(OC(C)C)C(=O)O)c(OC)c1CNC(=O)c1sc(-c2ccc(C)cc2)nc1C. The third kappa shape index (κ3) is 6.41. The smallest absolute Gasteiger partial charge is 0.333 e. The predicted molar refractivity (Wildman–Crippen MR) is 139 cm³/mol. The van der Waals surface area contributed by atoms with Crippen LogP contribution >= 0.6 is 11.3 Å². The van der Waals surface area contributed by atoms with E-state index in [9.17, 15) is 14.7 Å². The van der Waals surface area contributed by atoms with E-state index in [0.717, 1.165) is 16.1 Å². The summed E-state index contributed by atoms with van der Waals surface area (Å²) in [7, 11) is 3.03. The van der Waals surface area contributed by atoms with Gasteiger partial charge in [0.1, 0.15) is 21.4 Å². The van der Waals surface area contributed by atoms with Gasteiger partial charge in [0, 0.05) is 12.0 Å². The average molecular weight is 513 g/mol. The first-order chi connectivity index (χ1) is 17.1. The fourth-order valence-corrected chi connectivity index (χ4v) is 4.82. The van der Waals surface area contributed by atoms with Crippen molar-refractivity contribution in [3.05, 3.63) is 63.7 Å². The van der Waals surface area contributed by atoms with Gasteiger partial charge in [-0.3, -0.25) is 4.79 Å². The number of amides is 1. The predicted octanol–water partition coefficient (Wildman–Crippen LogP) is 4.79. The minimum Gasteiger partial charge on any atom is -0.496 e. The lowest BCUT2D eigenvalue weighted by atomic mass is 10.0. The molecule has 0 saturated carbocycles. The van der Waals surface area contributed by atoms with E-state index in [0.29, 0.717) is 33.2 Å². The van der Waals surface area contributed by atoms with E-state index in [-0.39, 0.29) is 25.0 Å². The molecule has 3 aromatic rings. The van der Waals surface area contributed by atoms with Crippen LogP contribution in [0.5, 0.6) is 11.5 Å². The molecule has 0 aliphatic heterocycles. The van der Waals surface area contributed by atoms with E-state index in [1.807, 2.05) is 38.1 Å². The van der Waals surface area contributed by atoms with Gasteiger partial charge in [0.25, 0.3) is 5.91 Å². The third-order valence-electron chi connectivity index (χ3n) is 5.57. The first-order valence-corrected chi connectivity index (χ1v) is 12.4. The maximum absolute atomic E-state index is 13.1. The molecule has 8 nitrogen and oxygen atoms in total. The van der Waals surface area contributed by atoms with Gasteiger partial charge in [-0.1, -0.05) is 35.9 Å². The summed E-state index contributed by atoms with van der Waals surface area (Å²) in [4.78, 5) is 29.9. The van der Waals surface area contributed by atoms with E-state index in [2.05, 4.69) is 10.3 Å². The number of hydrogen-bond acceptors (Lipinski definition) is 7. The number of benzene rings is 2. The zero-order chi connectivity index (χ0) is 26.4. The highest BCUT2D eigenvalue weighted by Gasteiger charge is 2.25. The Balaban J connectivity index is 1.84. The number of carboxylic acid groups (broad SMARTS) is 1. The zero-order valence-corrected chi connectivity index (χ0v) is 22.2. The van der Waals surface area contributed by atoms with Crippen molar-refractivity contribution in [2.75, 3.05) is 14.2 Å². The number of nitrogens with one attached hydrogen (secondary N) is 1. The second-order valence-corrected chi connectivity index (χ2v) is 9.64. The van der Waals surface area contributed by atoms with Crippen LogP contribution in [0.2, 0.25) is 0 Å². The number of aryl methyl sites for hydroxylation is 2. The second kappa shape index (κ2) is 12.0. The van der Waals surface area contributed by atoms with Gasteiger partial charge in [0.05, 0.1) is 38.1 Å². The molecule has 2 N–H and O–H groups in total. The van der Waals surface area contributed by atoms with Crippen LogP contribution in [0.3, 0.4) is 0 Å². The first-order valence-electron chi connectivity index (χ1n) is 11.6. The molecule has 0 fully saturated rings. The number of hydrogen-bond donors (Lipinski definition) is 2. The molecule has 0 radical (unpaired) electrons. The fourth-order valence-electron chi connectivity index (χ4n) is 3.83. The molecular weight excluding hydrogens is 480 g/mol. The van der Waals surface area contributed by atoms with Crippen LogP contribution in [0, 0.1) is 13.8 Å². The van der Waals surface area contributed by atoms with E-state index in [1.165, 1.54) is 25.6 Å². The molecule has 0 aliphatic rings. The van der Waals surface area contributed by atoms with E-state index in [1.54, 1.807) is 26.0 Å². The summed E-state index contributed by atoms with van der Waals surface area (Å²) in [5.41, 5.74) is 4.02. The summed E-state index contributed by atoms with van der Waals surface area (Å²) in [6.07, 6.45) is -1.17. The van der Waals surface area contributed by atoms with Crippen molar-refractivity contribution >= 4 is 23.2 Å². The number of carbonyl (C=O) groups is 2. The average Bonchev–Trinajstić information content (AvgIpc) is 3.23. The van der Waals surface area contributed by atoms with Gasteiger partial charge in [0.15, 0.2) is 6.10 Å². The van der Waals surface area contributed by atoms with Crippen LogP contribution in [-0.4, -0.2) is 48.4 Å². The monoisotopic (exact) mass is 512 g/mol. The van der Waals surface area contributed by atoms with Gasteiger partial charge in [-0.05, 0) is 39.3 Å². The van der Waals surface area contributed by atoms with Crippen molar-refractivity contribution in [3.8, 4) is 22.1 Å². The van der Waals surface area contributed by atoms with E-state index in [4.69, 9.17) is 14.2 Å². The van der Waals surface area contributed by atoms with Gasteiger partial charge in [-0.2, -0.15) is 0 Å². The first kappa shape index (κ1) is 27.2. The molecule has 2 aromatic carbocycles. The van der Waals surface area contributed by atoms with Crippen LogP contribution in [0.15, 0.2) is 36.4 Å². The Hall–Kier alpha value is -3.43. The Kier molecular flexibility index (Phi) is 9.06. The van der Waals surface area contributed by atoms with Crippen LogP contribution in [-0.2, 0) is 22.5 Å². The molecule has 3 rings (SSSR count). The van der Waals surface area contributed by atoms with Gasteiger partial charge >= 0.3 is 5.97 Å². The molecule has 192 valence electrons.